The Morgan fingerprint density at radius 3 is 3.08 bits per heavy atom. The van der Waals surface area contributed by atoms with Gasteiger partial charge in [-0.3, -0.25) is 4.79 Å². The van der Waals surface area contributed by atoms with Crippen LogP contribution in [0.25, 0.3) is 0 Å². The van der Waals surface area contributed by atoms with Crippen molar-refractivity contribution in [2.45, 2.75) is 25.6 Å². The molecule has 0 spiro atoms. The summed E-state index contributed by atoms with van der Waals surface area (Å²) in [6, 6.07) is 0. The van der Waals surface area contributed by atoms with Gasteiger partial charge in [0.15, 0.2) is 5.78 Å². The van der Waals surface area contributed by atoms with Gasteiger partial charge in [0, 0.05) is 0 Å². The van der Waals surface area contributed by atoms with Crippen LogP contribution in [-0.2, 0) is 4.79 Å². The fourth-order valence-electron chi connectivity index (χ4n) is 1.12. The van der Waals surface area contributed by atoms with Crippen LogP contribution in [0.2, 0.25) is 5.82 Å². The molecule has 0 saturated carbocycles. The number of thioether (sulfide) groups is 1. The maximum absolute atomic E-state index is 11.3. The zero-order valence-electron chi connectivity index (χ0n) is 7.54. The van der Waals surface area contributed by atoms with Crippen molar-refractivity contribution < 1.29 is 4.79 Å². The average Bonchev–Trinajstić information content (AvgIpc) is 2.07. The van der Waals surface area contributed by atoms with Gasteiger partial charge in [-0.1, -0.05) is 6.08 Å². The van der Waals surface area contributed by atoms with Gasteiger partial charge in [-0.15, -0.1) is 11.8 Å². The number of carbonyl (C=O) groups excluding carboxylic acids is 1. The molecule has 1 rings (SSSR count). The highest BCUT2D eigenvalue weighted by atomic mass is 32.2. The van der Waals surface area contributed by atoms with Gasteiger partial charge >= 0.3 is 0 Å². The summed E-state index contributed by atoms with van der Waals surface area (Å²) < 4.78 is 0. The molecule has 0 radical (unpaired) electrons. The summed E-state index contributed by atoms with van der Waals surface area (Å²) in [5.41, 5.74) is 0. The van der Waals surface area contributed by atoms with Crippen LogP contribution in [0.15, 0.2) is 22.5 Å². The minimum absolute atomic E-state index is 0.236. The van der Waals surface area contributed by atoms with E-state index in [0.29, 0.717) is 0 Å². The second-order valence-corrected chi connectivity index (χ2v) is 4.07. The van der Waals surface area contributed by atoms with Crippen molar-refractivity contribution in [3.8, 4) is 0 Å². The molecule has 12 heavy (non-hydrogen) atoms. The van der Waals surface area contributed by atoms with Gasteiger partial charge in [0.2, 0.25) is 0 Å². The van der Waals surface area contributed by atoms with Gasteiger partial charge in [-0.2, -0.15) is 0 Å². The highest BCUT2D eigenvalue weighted by Gasteiger charge is 2.17. The van der Waals surface area contributed by atoms with Crippen molar-refractivity contribution in [1.29, 1.82) is 0 Å². The number of ketones is 1. The lowest BCUT2D eigenvalue weighted by Gasteiger charge is -2.15. The summed E-state index contributed by atoms with van der Waals surface area (Å²) in [4.78, 5) is 12.5. The Labute approximate surface area is 78.7 Å². The van der Waals surface area contributed by atoms with Crippen molar-refractivity contribution in [3.63, 3.8) is 0 Å². The lowest BCUT2D eigenvalue weighted by molar-refractivity contribution is -0.114. The zero-order valence-corrected chi connectivity index (χ0v) is 8.36. The molecule has 0 fully saturated rings. The quantitative estimate of drug-likeness (QED) is 0.604. The molecule has 0 aromatic rings. The van der Waals surface area contributed by atoms with Crippen molar-refractivity contribution in [2.24, 2.45) is 0 Å². The van der Waals surface area contributed by atoms with Gasteiger partial charge in [0.1, 0.15) is 7.85 Å². The Bertz CT molecular complexity index is 233. The molecule has 1 atom stereocenters. The molecule has 0 amide bonds. The van der Waals surface area contributed by atoms with Gasteiger partial charge in [0.25, 0.3) is 0 Å². The van der Waals surface area contributed by atoms with E-state index in [2.05, 4.69) is 0 Å². The summed E-state index contributed by atoms with van der Waals surface area (Å²) in [6.07, 6.45) is 5.85. The van der Waals surface area contributed by atoms with Gasteiger partial charge in [-0.25, -0.2) is 0 Å². The van der Waals surface area contributed by atoms with E-state index in [0.717, 1.165) is 12.8 Å². The SMILES string of the molecule is BC1CCC(S/C=C\C)=CC1=O. The van der Waals surface area contributed by atoms with Gasteiger partial charge in [-0.05, 0) is 42.0 Å². The number of hydrogen-bond acceptors (Lipinski definition) is 2. The van der Waals surface area contributed by atoms with E-state index in [-0.39, 0.29) is 11.6 Å². The molecule has 0 bridgehead atoms. The number of carbonyl (C=O) groups is 1. The van der Waals surface area contributed by atoms with E-state index in [1.807, 2.05) is 26.3 Å². The van der Waals surface area contributed by atoms with E-state index in [1.165, 1.54) is 4.91 Å². The second kappa shape index (κ2) is 4.56. The third-order valence-corrected chi connectivity index (χ3v) is 3.00. The van der Waals surface area contributed by atoms with Crippen LogP contribution in [0.4, 0.5) is 0 Å². The van der Waals surface area contributed by atoms with Crippen LogP contribution < -0.4 is 0 Å². The maximum atomic E-state index is 11.3. The average molecular weight is 180 g/mol. The summed E-state index contributed by atoms with van der Waals surface area (Å²) >= 11 is 1.66. The van der Waals surface area contributed by atoms with Crippen LogP contribution >= 0.6 is 11.8 Å². The van der Waals surface area contributed by atoms with E-state index >= 15 is 0 Å². The van der Waals surface area contributed by atoms with Crippen LogP contribution in [-0.4, -0.2) is 13.6 Å². The Kier molecular flexibility index (Phi) is 3.66. The fourth-order valence-corrected chi connectivity index (χ4v) is 1.85. The molecule has 64 valence electrons. The first-order chi connectivity index (χ1) is 5.74. The summed E-state index contributed by atoms with van der Waals surface area (Å²) in [5.74, 6) is 0.521. The molecule has 1 aliphatic rings. The van der Waals surface area contributed by atoms with Crippen molar-refractivity contribution in [1.82, 2.24) is 0 Å². The fraction of sp³-hybridized carbons (Fsp3) is 0.444. The molecule has 3 heteroatoms. The van der Waals surface area contributed by atoms with Crippen LogP contribution in [0.3, 0.4) is 0 Å². The molecule has 1 aliphatic carbocycles. The smallest absolute Gasteiger partial charge is 0.151 e. The highest BCUT2D eigenvalue weighted by molar-refractivity contribution is 8.05. The first-order valence-corrected chi connectivity index (χ1v) is 5.14. The van der Waals surface area contributed by atoms with Crippen molar-refractivity contribution in [3.05, 3.63) is 22.5 Å². The zero-order chi connectivity index (χ0) is 8.97. The Morgan fingerprint density at radius 2 is 2.50 bits per heavy atom. The van der Waals surface area contributed by atoms with Gasteiger partial charge < -0.3 is 0 Å². The number of allylic oxidation sites excluding steroid dienone is 3. The van der Waals surface area contributed by atoms with Crippen molar-refractivity contribution in [2.75, 3.05) is 0 Å². The molecule has 0 aromatic heterocycles. The van der Waals surface area contributed by atoms with Crippen molar-refractivity contribution >= 4 is 25.4 Å². The Balaban J connectivity index is 2.56. The predicted octanol–water partition coefficient (Wildman–Crippen LogP) is 1.92. The largest absolute Gasteiger partial charge is 0.295 e. The molecule has 0 heterocycles. The minimum atomic E-state index is 0.236. The van der Waals surface area contributed by atoms with Gasteiger partial charge in [0.05, 0.1) is 0 Å². The molecular formula is C9H13BOS. The maximum Gasteiger partial charge on any atom is 0.151 e. The lowest BCUT2D eigenvalue weighted by Crippen LogP contribution is -2.10. The third kappa shape index (κ3) is 2.56. The molecular weight excluding hydrogens is 167 g/mol. The van der Waals surface area contributed by atoms with E-state index in [4.69, 9.17) is 0 Å². The Morgan fingerprint density at radius 1 is 1.75 bits per heavy atom. The topological polar surface area (TPSA) is 17.1 Å². The molecule has 0 aliphatic heterocycles. The Hall–Kier alpha value is -0.435. The van der Waals surface area contributed by atoms with E-state index in [1.54, 1.807) is 17.8 Å². The lowest BCUT2D eigenvalue weighted by atomic mass is 9.77. The molecule has 0 aromatic carbocycles. The van der Waals surface area contributed by atoms with E-state index in [9.17, 15) is 4.79 Å². The van der Waals surface area contributed by atoms with Crippen LogP contribution in [0.1, 0.15) is 19.8 Å². The number of rotatable bonds is 2. The molecule has 0 saturated heterocycles. The summed E-state index contributed by atoms with van der Waals surface area (Å²) in [7, 11) is 2.00. The monoisotopic (exact) mass is 180 g/mol. The third-order valence-electron chi connectivity index (χ3n) is 1.97. The molecule has 1 unspecified atom stereocenters. The standard InChI is InChI=1S/C9H13BOS/c1-2-5-12-7-3-4-8(10)9(11)6-7/h2,5-6,8H,3-4,10H2,1H3/b5-2-. The summed E-state index contributed by atoms with van der Waals surface area (Å²) in [6.45, 7) is 1.99. The number of hydrogen-bond donors (Lipinski definition) is 0. The van der Waals surface area contributed by atoms with Crippen LogP contribution in [0, 0.1) is 0 Å². The molecule has 1 nitrogen and oxygen atoms in total. The first kappa shape index (κ1) is 9.65. The summed E-state index contributed by atoms with van der Waals surface area (Å²) in [5, 5.41) is 2.02. The highest BCUT2D eigenvalue weighted by Crippen LogP contribution is 2.30. The normalized spacial score (nSPS) is 24.6. The van der Waals surface area contributed by atoms with E-state index < -0.39 is 0 Å². The van der Waals surface area contributed by atoms with Crippen LogP contribution in [0.5, 0.6) is 0 Å². The second-order valence-electron chi connectivity index (χ2n) is 3.04. The first-order valence-electron chi connectivity index (χ1n) is 4.26. The molecule has 0 N–H and O–H groups in total. The minimum Gasteiger partial charge on any atom is -0.295 e. The predicted molar refractivity (Wildman–Crippen MR) is 57.0 cm³/mol.